The van der Waals surface area contributed by atoms with E-state index in [4.69, 9.17) is 5.73 Å². The van der Waals surface area contributed by atoms with Crippen molar-refractivity contribution in [2.75, 3.05) is 18.0 Å². The van der Waals surface area contributed by atoms with Crippen LogP contribution in [0.25, 0.3) is 0 Å². The summed E-state index contributed by atoms with van der Waals surface area (Å²) in [7, 11) is 0. The lowest BCUT2D eigenvalue weighted by atomic mass is 9.84. The average Bonchev–Trinajstić information content (AvgIpc) is 2.27. The normalized spacial score (nSPS) is 19.4. The summed E-state index contributed by atoms with van der Waals surface area (Å²) in [5.74, 6) is 0. The molecule has 1 aromatic rings. The highest BCUT2D eigenvalue weighted by atomic mass is 79.9. The van der Waals surface area contributed by atoms with Crippen LogP contribution in [-0.2, 0) is 6.54 Å². The minimum absolute atomic E-state index is 0.409. The van der Waals surface area contributed by atoms with Crippen molar-refractivity contribution >= 4 is 21.6 Å². The summed E-state index contributed by atoms with van der Waals surface area (Å²) < 4.78 is 1.13. The van der Waals surface area contributed by atoms with Gasteiger partial charge in [-0.15, -0.1) is 0 Å². The third-order valence-electron chi connectivity index (χ3n) is 3.51. The minimum Gasteiger partial charge on any atom is -0.371 e. The second-order valence-electron chi connectivity index (χ2n) is 5.67. The molecule has 3 heteroatoms. The predicted octanol–water partition coefficient (Wildman–Crippen LogP) is 3.53. The number of nitrogens with zero attached hydrogens (tertiary/aromatic N) is 1. The largest absolute Gasteiger partial charge is 0.371 e. The number of anilines is 1. The average molecular weight is 297 g/mol. The topological polar surface area (TPSA) is 29.3 Å². The summed E-state index contributed by atoms with van der Waals surface area (Å²) in [6, 6.07) is 6.39. The Morgan fingerprint density at radius 3 is 2.82 bits per heavy atom. The van der Waals surface area contributed by atoms with Crippen LogP contribution in [0.3, 0.4) is 0 Å². The van der Waals surface area contributed by atoms with E-state index in [9.17, 15) is 0 Å². The molecule has 2 N–H and O–H groups in total. The highest BCUT2D eigenvalue weighted by molar-refractivity contribution is 9.10. The van der Waals surface area contributed by atoms with Crippen molar-refractivity contribution in [2.45, 2.75) is 33.2 Å². The number of nitrogens with two attached hydrogens (primary N) is 1. The van der Waals surface area contributed by atoms with Crippen LogP contribution in [0.5, 0.6) is 0 Å². The fourth-order valence-corrected chi connectivity index (χ4v) is 2.98. The van der Waals surface area contributed by atoms with Gasteiger partial charge in [-0.3, -0.25) is 0 Å². The zero-order valence-corrected chi connectivity index (χ0v) is 12.3. The van der Waals surface area contributed by atoms with Gasteiger partial charge in [-0.2, -0.15) is 0 Å². The number of halogens is 1. The summed E-state index contributed by atoms with van der Waals surface area (Å²) in [4.78, 5) is 2.48. The zero-order chi connectivity index (χ0) is 12.5. The van der Waals surface area contributed by atoms with E-state index in [1.807, 2.05) is 0 Å². The lowest BCUT2D eigenvalue weighted by molar-refractivity contribution is 0.293. The molecule has 1 heterocycles. The molecule has 0 amide bonds. The van der Waals surface area contributed by atoms with E-state index < -0.39 is 0 Å². The fourth-order valence-electron chi connectivity index (χ4n) is 2.63. The first-order chi connectivity index (χ1) is 8.02. The van der Waals surface area contributed by atoms with Gasteiger partial charge in [0.1, 0.15) is 0 Å². The maximum atomic E-state index is 5.83. The zero-order valence-electron chi connectivity index (χ0n) is 10.7. The Balaban J connectivity index is 2.29. The van der Waals surface area contributed by atoms with Crippen LogP contribution >= 0.6 is 15.9 Å². The second-order valence-corrected chi connectivity index (χ2v) is 6.58. The molecule has 1 aromatic carbocycles. The molecule has 1 saturated heterocycles. The summed E-state index contributed by atoms with van der Waals surface area (Å²) >= 11 is 3.55. The lowest BCUT2D eigenvalue weighted by Crippen LogP contribution is -2.40. The Hall–Kier alpha value is -0.540. The molecule has 0 aliphatic carbocycles. The van der Waals surface area contributed by atoms with Crippen LogP contribution in [0.1, 0.15) is 32.3 Å². The number of hydrogen-bond acceptors (Lipinski definition) is 2. The molecule has 2 rings (SSSR count). The monoisotopic (exact) mass is 296 g/mol. The van der Waals surface area contributed by atoms with Crippen molar-refractivity contribution < 1.29 is 0 Å². The standard InChI is InChI=1S/C14H21BrN2/c1-14(2)6-3-7-17(10-14)13-8-12(15)5-4-11(13)9-16/h4-5,8H,3,6-7,9-10,16H2,1-2H3. The van der Waals surface area contributed by atoms with Gasteiger partial charge in [0, 0.05) is 29.8 Å². The molecule has 0 spiro atoms. The van der Waals surface area contributed by atoms with Crippen LogP contribution in [0.15, 0.2) is 22.7 Å². The van der Waals surface area contributed by atoms with Crippen LogP contribution in [0.4, 0.5) is 5.69 Å². The van der Waals surface area contributed by atoms with Crippen LogP contribution in [0, 0.1) is 5.41 Å². The first kappa shape index (κ1) is 12.9. The SMILES string of the molecule is CC1(C)CCCN(c2cc(Br)ccc2CN)C1. The van der Waals surface area contributed by atoms with Gasteiger partial charge >= 0.3 is 0 Å². The first-order valence-electron chi connectivity index (χ1n) is 6.25. The Kier molecular flexibility index (Phi) is 3.79. The number of hydrogen-bond donors (Lipinski definition) is 1. The third kappa shape index (κ3) is 3.02. The number of benzene rings is 1. The lowest BCUT2D eigenvalue weighted by Gasteiger charge is -2.40. The summed E-state index contributed by atoms with van der Waals surface area (Å²) in [5.41, 5.74) is 8.78. The van der Waals surface area contributed by atoms with E-state index in [1.54, 1.807) is 0 Å². The Morgan fingerprint density at radius 2 is 2.18 bits per heavy atom. The highest BCUT2D eigenvalue weighted by Gasteiger charge is 2.27. The molecule has 0 radical (unpaired) electrons. The molecular weight excluding hydrogens is 276 g/mol. The predicted molar refractivity (Wildman–Crippen MR) is 77.3 cm³/mol. The van der Waals surface area contributed by atoms with Gasteiger partial charge < -0.3 is 10.6 Å². The van der Waals surface area contributed by atoms with Crippen molar-refractivity contribution in [3.05, 3.63) is 28.2 Å². The molecule has 0 bridgehead atoms. The summed E-state index contributed by atoms with van der Waals surface area (Å²) in [5, 5.41) is 0. The first-order valence-corrected chi connectivity index (χ1v) is 7.04. The Bertz CT molecular complexity index is 401. The second kappa shape index (κ2) is 4.99. The van der Waals surface area contributed by atoms with E-state index in [0.29, 0.717) is 12.0 Å². The third-order valence-corrected chi connectivity index (χ3v) is 4.00. The van der Waals surface area contributed by atoms with Crippen molar-refractivity contribution in [1.82, 2.24) is 0 Å². The van der Waals surface area contributed by atoms with Crippen LogP contribution < -0.4 is 10.6 Å². The van der Waals surface area contributed by atoms with E-state index in [2.05, 4.69) is 52.9 Å². The van der Waals surface area contributed by atoms with Crippen molar-refractivity contribution in [2.24, 2.45) is 11.1 Å². The number of rotatable bonds is 2. The van der Waals surface area contributed by atoms with Crippen molar-refractivity contribution in [3.8, 4) is 0 Å². The van der Waals surface area contributed by atoms with Crippen molar-refractivity contribution in [1.29, 1.82) is 0 Å². The molecule has 0 aromatic heterocycles. The maximum absolute atomic E-state index is 5.83. The van der Waals surface area contributed by atoms with Crippen molar-refractivity contribution in [3.63, 3.8) is 0 Å². The molecular formula is C14H21BrN2. The van der Waals surface area contributed by atoms with Gasteiger partial charge in [-0.1, -0.05) is 35.8 Å². The van der Waals surface area contributed by atoms with E-state index >= 15 is 0 Å². The highest BCUT2D eigenvalue weighted by Crippen LogP contribution is 2.34. The van der Waals surface area contributed by atoms with Gasteiger partial charge in [0.2, 0.25) is 0 Å². The molecule has 17 heavy (non-hydrogen) atoms. The van der Waals surface area contributed by atoms with Gasteiger partial charge in [0.15, 0.2) is 0 Å². The molecule has 1 aliphatic heterocycles. The van der Waals surface area contributed by atoms with Gasteiger partial charge in [-0.25, -0.2) is 0 Å². The smallest absolute Gasteiger partial charge is 0.0423 e. The molecule has 1 aliphatic rings. The molecule has 94 valence electrons. The van der Waals surface area contributed by atoms with E-state index in [0.717, 1.165) is 17.6 Å². The van der Waals surface area contributed by atoms with Gasteiger partial charge in [0.05, 0.1) is 0 Å². The molecule has 0 unspecified atom stereocenters. The fraction of sp³-hybridized carbons (Fsp3) is 0.571. The maximum Gasteiger partial charge on any atom is 0.0423 e. The summed E-state index contributed by atoms with van der Waals surface area (Å²) in [6.07, 6.45) is 2.58. The minimum atomic E-state index is 0.409. The van der Waals surface area contributed by atoms with Gasteiger partial charge in [0.25, 0.3) is 0 Å². The van der Waals surface area contributed by atoms with E-state index in [-0.39, 0.29) is 0 Å². The Morgan fingerprint density at radius 1 is 1.41 bits per heavy atom. The van der Waals surface area contributed by atoms with Crippen LogP contribution in [0.2, 0.25) is 0 Å². The van der Waals surface area contributed by atoms with Gasteiger partial charge in [-0.05, 0) is 36.0 Å². The summed E-state index contributed by atoms with van der Waals surface area (Å²) in [6.45, 7) is 7.57. The Labute approximate surface area is 112 Å². The molecule has 0 atom stereocenters. The number of piperidine rings is 1. The molecule has 2 nitrogen and oxygen atoms in total. The molecule has 0 saturated carbocycles. The molecule has 1 fully saturated rings. The van der Waals surface area contributed by atoms with Crippen LogP contribution in [-0.4, -0.2) is 13.1 Å². The van der Waals surface area contributed by atoms with E-state index in [1.165, 1.54) is 24.1 Å². The quantitative estimate of drug-likeness (QED) is 0.904.